The van der Waals surface area contributed by atoms with Crippen LogP contribution in [0.2, 0.25) is 0 Å². The number of hydrogen-bond acceptors (Lipinski definition) is 4. The molecule has 3 N–H and O–H groups in total. The van der Waals surface area contributed by atoms with Crippen LogP contribution in [0.5, 0.6) is 0 Å². The largest absolute Gasteiger partial charge is 0.392 e. The summed E-state index contributed by atoms with van der Waals surface area (Å²) in [5, 5.41) is 15.7. The molecule has 0 aliphatic heterocycles. The molecule has 1 aromatic carbocycles. The molecular formula is C12H14FN3O3S. The predicted molar refractivity (Wildman–Crippen MR) is 71.2 cm³/mol. The Balaban J connectivity index is 2.48. The van der Waals surface area contributed by atoms with E-state index in [4.69, 9.17) is 0 Å². The summed E-state index contributed by atoms with van der Waals surface area (Å²) in [5.74, 6) is -0.691. The Hall–Kier alpha value is -1.93. The van der Waals surface area contributed by atoms with Crippen molar-refractivity contribution >= 4 is 15.7 Å². The van der Waals surface area contributed by atoms with E-state index in [9.17, 15) is 17.9 Å². The molecule has 0 radical (unpaired) electrons. The molecule has 2 rings (SSSR count). The Kier molecular flexibility index (Phi) is 3.78. The fraction of sp³-hybridized carbons (Fsp3) is 0.250. The second-order valence-corrected chi connectivity index (χ2v) is 5.98. The summed E-state index contributed by atoms with van der Waals surface area (Å²) in [4.78, 5) is -0.292. The minimum absolute atomic E-state index is 0.123. The number of sulfonamides is 1. The first kappa shape index (κ1) is 14.5. The van der Waals surface area contributed by atoms with E-state index in [-0.39, 0.29) is 10.5 Å². The normalized spacial score (nSPS) is 11.6. The predicted octanol–water partition coefficient (Wildman–Crippen LogP) is 1.46. The van der Waals surface area contributed by atoms with Gasteiger partial charge in [-0.2, -0.15) is 5.10 Å². The number of aryl methyl sites for hydroxylation is 2. The zero-order valence-corrected chi connectivity index (χ0v) is 11.8. The molecule has 0 amide bonds. The average Bonchev–Trinajstić information content (AvgIpc) is 2.70. The lowest BCUT2D eigenvalue weighted by molar-refractivity contribution is 0.278. The number of H-pyrrole nitrogens is 1. The van der Waals surface area contributed by atoms with Crippen molar-refractivity contribution in [3.63, 3.8) is 0 Å². The molecule has 0 atom stereocenters. The molecule has 2 aromatic rings. The lowest BCUT2D eigenvalue weighted by atomic mass is 10.2. The van der Waals surface area contributed by atoms with Crippen LogP contribution >= 0.6 is 0 Å². The van der Waals surface area contributed by atoms with Gasteiger partial charge in [0.05, 0.1) is 28.6 Å². The van der Waals surface area contributed by atoms with E-state index in [0.29, 0.717) is 17.1 Å². The number of halogens is 1. The zero-order chi connectivity index (χ0) is 14.9. The summed E-state index contributed by atoms with van der Waals surface area (Å²) >= 11 is 0. The van der Waals surface area contributed by atoms with Gasteiger partial charge in [-0.15, -0.1) is 0 Å². The third-order valence-corrected chi connectivity index (χ3v) is 4.29. The highest BCUT2D eigenvalue weighted by Crippen LogP contribution is 2.24. The molecule has 20 heavy (non-hydrogen) atoms. The number of aliphatic hydroxyl groups excluding tert-OH is 1. The van der Waals surface area contributed by atoms with Gasteiger partial charge in [-0.1, -0.05) is 6.07 Å². The number of anilines is 1. The van der Waals surface area contributed by atoms with Crippen molar-refractivity contribution in [1.29, 1.82) is 0 Å². The molecular weight excluding hydrogens is 285 g/mol. The molecule has 1 aromatic heterocycles. The van der Waals surface area contributed by atoms with E-state index in [1.165, 1.54) is 6.07 Å². The number of aromatic nitrogens is 2. The van der Waals surface area contributed by atoms with Crippen molar-refractivity contribution in [3.05, 3.63) is 41.0 Å². The van der Waals surface area contributed by atoms with Crippen LogP contribution in [0.15, 0.2) is 23.1 Å². The summed E-state index contributed by atoms with van der Waals surface area (Å²) in [6, 6.07) is 3.20. The standard InChI is InChI=1S/C12H14FN3O3S/c1-7-12(8(2)15-14-7)16-20(18,19)11-5-10(13)4-3-9(11)6-17/h3-5,16-17H,6H2,1-2H3,(H,14,15). The van der Waals surface area contributed by atoms with Crippen molar-refractivity contribution in [2.75, 3.05) is 4.72 Å². The lowest BCUT2D eigenvalue weighted by Gasteiger charge is -2.11. The van der Waals surface area contributed by atoms with E-state index in [1.807, 2.05) is 0 Å². The Morgan fingerprint density at radius 3 is 2.65 bits per heavy atom. The first-order valence-electron chi connectivity index (χ1n) is 5.79. The number of rotatable bonds is 4. The van der Waals surface area contributed by atoms with Gasteiger partial charge >= 0.3 is 0 Å². The lowest BCUT2D eigenvalue weighted by Crippen LogP contribution is -2.16. The summed E-state index contributed by atoms with van der Waals surface area (Å²) < 4.78 is 40.2. The fourth-order valence-electron chi connectivity index (χ4n) is 1.80. The summed E-state index contributed by atoms with van der Waals surface area (Å²) in [6.07, 6.45) is 0. The summed E-state index contributed by atoms with van der Waals surface area (Å²) in [7, 11) is -4.00. The maximum Gasteiger partial charge on any atom is 0.262 e. The van der Waals surface area contributed by atoms with Gasteiger partial charge in [-0.05, 0) is 31.5 Å². The first-order chi connectivity index (χ1) is 9.35. The molecule has 0 saturated carbocycles. The Morgan fingerprint density at radius 2 is 2.10 bits per heavy atom. The van der Waals surface area contributed by atoms with Crippen molar-refractivity contribution < 1.29 is 17.9 Å². The van der Waals surface area contributed by atoms with Gasteiger partial charge < -0.3 is 5.11 Å². The third-order valence-electron chi connectivity index (χ3n) is 2.85. The SMILES string of the molecule is Cc1n[nH]c(C)c1NS(=O)(=O)c1cc(F)ccc1CO. The maximum absolute atomic E-state index is 13.3. The summed E-state index contributed by atoms with van der Waals surface area (Å²) in [5.41, 5.74) is 1.47. The number of nitrogens with one attached hydrogen (secondary N) is 2. The van der Waals surface area contributed by atoms with Gasteiger partial charge in [0, 0.05) is 0 Å². The van der Waals surface area contributed by atoms with Gasteiger partial charge in [0.15, 0.2) is 0 Å². The number of nitrogens with zero attached hydrogens (tertiary/aromatic N) is 1. The molecule has 8 heteroatoms. The Bertz CT molecular complexity index is 721. The van der Waals surface area contributed by atoms with Crippen molar-refractivity contribution in [1.82, 2.24) is 10.2 Å². The maximum atomic E-state index is 13.3. The highest BCUT2D eigenvalue weighted by Gasteiger charge is 2.21. The minimum Gasteiger partial charge on any atom is -0.392 e. The highest BCUT2D eigenvalue weighted by atomic mass is 32.2. The number of benzene rings is 1. The third kappa shape index (κ3) is 2.66. The van der Waals surface area contributed by atoms with E-state index in [2.05, 4.69) is 14.9 Å². The van der Waals surface area contributed by atoms with Gasteiger partial charge in [0.2, 0.25) is 0 Å². The average molecular weight is 299 g/mol. The molecule has 108 valence electrons. The quantitative estimate of drug-likeness (QED) is 0.796. The molecule has 0 unspecified atom stereocenters. The smallest absolute Gasteiger partial charge is 0.262 e. The molecule has 6 nitrogen and oxygen atoms in total. The molecule has 0 aliphatic rings. The van der Waals surface area contributed by atoms with Crippen LogP contribution in [0, 0.1) is 19.7 Å². The van der Waals surface area contributed by atoms with E-state index >= 15 is 0 Å². The van der Waals surface area contributed by atoms with Crippen LogP contribution in [0.25, 0.3) is 0 Å². The molecule has 0 bridgehead atoms. The van der Waals surface area contributed by atoms with E-state index in [0.717, 1.165) is 12.1 Å². The van der Waals surface area contributed by atoms with Crippen molar-refractivity contribution in [3.8, 4) is 0 Å². The van der Waals surface area contributed by atoms with Crippen molar-refractivity contribution in [2.24, 2.45) is 0 Å². The number of aliphatic hydroxyl groups is 1. The van der Waals surface area contributed by atoms with Crippen LogP contribution in [-0.4, -0.2) is 23.7 Å². The number of aromatic amines is 1. The topological polar surface area (TPSA) is 95.1 Å². The molecule has 0 fully saturated rings. The van der Waals surface area contributed by atoms with Crippen LogP contribution in [0.3, 0.4) is 0 Å². The highest BCUT2D eigenvalue weighted by molar-refractivity contribution is 7.92. The van der Waals surface area contributed by atoms with Gasteiger partial charge in [-0.25, -0.2) is 12.8 Å². The Morgan fingerprint density at radius 1 is 1.40 bits per heavy atom. The molecule has 0 spiro atoms. The van der Waals surface area contributed by atoms with Crippen LogP contribution < -0.4 is 4.72 Å². The Labute approximate surface area is 115 Å². The summed E-state index contributed by atoms with van der Waals surface area (Å²) in [6.45, 7) is 2.80. The number of hydrogen-bond donors (Lipinski definition) is 3. The fourth-order valence-corrected chi connectivity index (χ4v) is 3.22. The van der Waals surface area contributed by atoms with Gasteiger partial charge in [0.25, 0.3) is 10.0 Å². The first-order valence-corrected chi connectivity index (χ1v) is 7.27. The van der Waals surface area contributed by atoms with Crippen LogP contribution in [0.4, 0.5) is 10.1 Å². The van der Waals surface area contributed by atoms with E-state index in [1.54, 1.807) is 13.8 Å². The van der Waals surface area contributed by atoms with Crippen molar-refractivity contribution in [2.45, 2.75) is 25.3 Å². The molecule has 1 heterocycles. The van der Waals surface area contributed by atoms with Gasteiger partial charge in [-0.3, -0.25) is 9.82 Å². The second-order valence-electron chi connectivity index (χ2n) is 4.32. The van der Waals surface area contributed by atoms with Crippen LogP contribution in [-0.2, 0) is 16.6 Å². The zero-order valence-electron chi connectivity index (χ0n) is 10.9. The van der Waals surface area contributed by atoms with E-state index < -0.39 is 22.4 Å². The second kappa shape index (κ2) is 5.22. The molecule has 0 saturated heterocycles. The molecule has 0 aliphatic carbocycles. The van der Waals surface area contributed by atoms with Crippen LogP contribution in [0.1, 0.15) is 17.0 Å². The monoisotopic (exact) mass is 299 g/mol. The van der Waals surface area contributed by atoms with Gasteiger partial charge in [0.1, 0.15) is 5.82 Å². The minimum atomic E-state index is -4.00.